The maximum Gasteiger partial charge on any atom is 0.191 e. The van der Waals surface area contributed by atoms with E-state index in [9.17, 15) is 13.9 Å². The van der Waals surface area contributed by atoms with Gasteiger partial charge in [0.2, 0.25) is 0 Å². The highest BCUT2D eigenvalue weighted by molar-refractivity contribution is 7.99. The van der Waals surface area contributed by atoms with Crippen molar-refractivity contribution >= 4 is 11.8 Å². The minimum atomic E-state index is -1.09. The van der Waals surface area contributed by atoms with Crippen molar-refractivity contribution in [2.24, 2.45) is 0 Å². The summed E-state index contributed by atoms with van der Waals surface area (Å²) in [6.45, 7) is 1.89. The minimum Gasteiger partial charge on any atom is -0.387 e. The van der Waals surface area contributed by atoms with Gasteiger partial charge in [-0.2, -0.15) is 0 Å². The molecule has 3 rings (SSSR count). The van der Waals surface area contributed by atoms with Crippen molar-refractivity contribution in [3.63, 3.8) is 0 Å². The lowest BCUT2D eigenvalue weighted by Gasteiger charge is -2.12. The fourth-order valence-corrected chi connectivity index (χ4v) is 3.22. The van der Waals surface area contributed by atoms with E-state index in [1.807, 2.05) is 11.5 Å². The van der Waals surface area contributed by atoms with Crippen molar-refractivity contribution in [2.75, 3.05) is 5.75 Å². The van der Waals surface area contributed by atoms with Gasteiger partial charge in [0.1, 0.15) is 17.5 Å². The largest absolute Gasteiger partial charge is 0.387 e. The molecular weight excluding hydrogens is 296 g/mol. The molecule has 1 aromatic carbocycles. The molecule has 0 saturated heterocycles. The van der Waals surface area contributed by atoms with Gasteiger partial charge in [-0.1, -0.05) is 11.8 Å². The molecule has 1 aliphatic rings. The fraction of sp³-hybridized carbons (Fsp3) is 0.429. The van der Waals surface area contributed by atoms with Crippen LogP contribution in [0.2, 0.25) is 0 Å². The number of benzene rings is 1. The molecule has 1 unspecified atom stereocenters. The number of rotatable bonds is 5. The van der Waals surface area contributed by atoms with Crippen LogP contribution in [0.25, 0.3) is 0 Å². The van der Waals surface area contributed by atoms with Gasteiger partial charge in [0.15, 0.2) is 5.16 Å². The van der Waals surface area contributed by atoms with Gasteiger partial charge in [0.05, 0.1) is 6.10 Å². The third-order valence-corrected chi connectivity index (χ3v) is 4.45. The van der Waals surface area contributed by atoms with E-state index >= 15 is 0 Å². The van der Waals surface area contributed by atoms with Crippen LogP contribution in [0.3, 0.4) is 0 Å². The van der Waals surface area contributed by atoms with Crippen molar-refractivity contribution in [2.45, 2.75) is 37.1 Å². The number of aromatic nitrogens is 3. The molecule has 1 N–H and O–H groups in total. The highest BCUT2D eigenvalue weighted by Gasteiger charge is 2.28. The second-order valence-corrected chi connectivity index (χ2v) is 6.11. The molecule has 1 atom stereocenters. The van der Waals surface area contributed by atoms with Gasteiger partial charge >= 0.3 is 0 Å². The molecule has 1 saturated carbocycles. The van der Waals surface area contributed by atoms with E-state index in [0.717, 1.165) is 36.9 Å². The Kier molecular flexibility index (Phi) is 3.95. The molecule has 0 bridgehead atoms. The second-order valence-electron chi connectivity index (χ2n) is 5.12. The third-order valence-electron chi connectivity index (χ3n) is 3.43. The number of hydrogen-bond acceptors (Lipinski definition) is 4. The highest BCUT2D eigenvalue weighted by Crippen LogP contribution is 2.39. The van der Waals surface area contributed by atoms with Crippen molar-refractivity contribution in [3.05, 3.63) is 41.2 Å². The lowest BCUT2D eigenvalue weighted by atomic mass is 10.1. The van der Waals surface area contributed by atoms with Gasteiger partial charge < -0.3 is 9.67 Å². The molecule has 0 radical (unpaired) electrons. The molecular formula is C14H15F2N3OS. The van der Waals surface area contributed by atoms with Crippen molar-refractivity contribution in [1.29, 1.82) is 0 Å². The molecule has 1 heterocycles. The molecule has 0 aliphatic heterocycles. The molecule has 0 spiro atoms. The first kappa shape index (κ1) is 14.5. The fourth-order valence-electron chi connectivity index (χ4n) is 2.21. The number of hydrogen-bond donors (Lipinski definition) is 1. The molecule has 112 valence electrons. The smallest absolute Gasteiger partial charge is 0.191 e. The Hall–Kier alpha value is -1.47. The highest BCUT2D eigenvalue weighted by atomic mass is 32.2. The number of halogens is 2. The molecule has 1 aromatic heterocycles. The summed E-state index contributed by atoms with van der Waals surface area (Å²) in [5, 5.41) is 18.9. The third kappa shape index (κ3) is 3.08. The van der Waals surface area contributed by atoms with Crippen LogP contribution >= 0.6 is 11.8 Å². The van der Waals surface area contributed by atoms with E-state index in [4.69, 9.17) is 0 Å². The molecule has 7 heteroatoms. The Labute approximate surface area is 125 Å². The topological polar surface area (TPSA) is 50.9 Å². The minimum absolute atomic E-state index is 0.0308. The van der Waals surface area contributed by atoms with Crippen LogP contribution in [-0.4, -0.2) is 25.6 Å². The zero-order valence-electron chi connectivity index (χ0n) is 11.5. The van der Waals surface area contributed by atoms with Gasteiger partial charge in [-0.3, -0.25) is 0 Å². The van der Waals surface area contributed by atoms with E-state index < -0.39 is 17.7 Å². The normalized spacial score (nSPS) is 16.2. The quantitative estimate of drug-likeness (QED) is 0.862. The van der Waals surface area contributed by atoms with Gasteiger partial charge in [-0.25, -0.2) is 8.78 Å². The average molecular weight is 311 g/mol. The van der Waals surface area contributed by atoms with Crippen LogP contribution in [0, 0.1) is 18.6 Å². The lowest BCUT2D eigenvalue weighted by molar-refractivity contribution is 0.198. The van der Waals surface area contributed by atoms with Crippen LogP contribution in [0.4, 0.5) is 8.78 Å². The van der Waals surface area contributed by atoms with Crippen LogP contribution in [0.15, 0.2) is 23.4 Å². The summed E-state index contributed by atoms with van der Waals surface area (Å²) in [4.78, 5) is 0. The number of aliphatic hydroxyl groups excluding tert-OH is 1. The predicted octanol–water partition coefficient (Wildman–Crippen LogP) is 3.03. The summed E-state index contributed by atoms with van der Waals surface area (Å²) in [6.07, 6.45) is 1.12. The van der Waals surface area contributed by atoms with Gasteiger partial charge in [-0.15, -0.1) is 10.2 Å². The van der Waals surface area contributed by atoms with Gasteiger partial charge in [0, 0.05) is 17.4 Å². The van der Waals surface area contributed by atoms with Crippen molar-refractivity contribution < 1.29 is 13.9 Å². The summed E-state index contributed by atoms with van der Waals surface area (Å²) in [5.74, 6) is -0.131. The Bertz CT molecular complexity index is 658. The standard InChI is InChI=1S/C14H15F2N3OS/c1-8-17-18-14(19(8)10-3-4-10)21-7-13(20)11-6-9(15)2-5-12(11)16/h2,5-6,10,13,20H,3-4,7H2,1H3. The van der Waals surface area contributed by atoms with Crippen LogP contribution in [0.1, 0.15) is 36.4 Å². The number of aliphatic hydroxyl groups is 1. The second kappa shape index (κ2) is 5.73. The first-order valence-corrected chi connectivity index (χ1v) is 7.72. The Morgan fingerprint density at radius 3 is 2.86 bits per heavy atom. The maximum atomic E-state index is 13.6. The molecule has 4 nitrogen and oxygen atoms in total. The predicted molar refractivity (Wildman–Crippen MR) is 75.1 cm³/mol. The Balaban J connectivity index is 1.71. The van der Waals surface area contributed by atoms with Crippen LogP contribution in [0.5, 0.6) is 0 Å². The van der Waals surface area contributed by atoms with E-state index in [-0.39, 0.29) is 11.3 Å². The van der Waals surface area contributed by atoms with E-state index in [1.54, 1.807) is 0 Å². The maximum absolute atomic E-state index is 13.6. The van der Waals surface area contributed by atoms with Crippen LogP contribution < -0.4 is 0 Å². The Morgan fingerprint density at radius 2 is 2.14 bits per heavy atom. The van der Waals surface area contributed by atoms with E-state index in [0.29, 0.717) is 11.2 Å². The zero-order valence-corrected chi connectivity index (χ0v) is 12.3. The molecule has 1 fully saturated rings. The first-order valence-electron chi connectivity index (χ1n) is 6.73. The summed E-state index contributed by atoms with van der Waals surface area (Å²) >= 11 is 1.30. The van der Waals surface area contributed by atoms with E-state index in [2.05, 4.69) is 10.2 Å². The molecule has 2 aromatic rings. The molecule has 1 aliphatic carbocycles. The van der Waals surface area contributed by atoms with Crippen molar-refractivity contribution in [1.82, 2.24) is 14.8 Å². The number of aryl methyl sites for hydroxylation is 1. The zero-order chi connectivity index (χ0) is 15.0. The van der Waals surface area contributed by atoms with Crippen LogP contribution in [-0.2, 0) is 0 Å². The summed E-state index contributed by atoms with van der Waals surface area (Å²) in [7, 11) is 0. The molecule has 21 heavy (non-hydrogen) atoms. The monoisotopic (exact) mass is 311 g/mol. The SMILES string of the molecule is Cc1nnc(SCC(O)c2cc(F)ccc2F)n1C1CC1. The van der Waals surface area contributed by atoms with Gasteiger partial charge in [-0.05, 0) is 38.0 Å². The van der Waals surface area contributed by atoms with Gasteiger partial charge in [0.25, 0.3) is 0 Å². The Morgan fingerprint density at radius 1 is 1.38 bits per heavy atom. The first-order chi connectivity index (χ1) is 10.1. The lowest BCUT2D eigenvalue weighted by Crippen LogP contribution is -2.06. The average Bonchev–Trinajstić information content (AvgIpc) is 3.22. The number of thioether (sulfide) groups is 1. The summed E-state index contributed by atoms with van der Waals surface area (Å²) in [6, 6.07) is 3.52. The van der Waals surface area contributed by atoms with Crippen molar-refractivity contribution in [3.8, 4) is 0 Å². The molecule has 0 amide bonds. The summed E-state index contributed by atoms with van der Waals surface area (Å²) < 4.78 is 28.8. The summed E-state index contributed by atoms with van der Waals surface area (Å²) in [5.41, 5.74) is -0.0308. The van der Waals surface area contributed by atoms with E-state index in [1.165, 1.54) is 11.8 Å². The number of nitrogens with zero attached hydrogens (tertiary/aromatic N) is 3.